The van der Waals surface area contributed by atoms with Crippen LogP contribution in [0.3, 0.4) is 0 Å². The molecule has 3 aliphatic heterocycles. The molecule has 6 heteroatoms. The molecule has 5 nitrogen and oxygen atoms in total. The standard InChI is InChI=1S/C21H25N3O2S/c1-3-13(2)24-20(26)17(19(25)22-21(24)27)12-14-10-15-6-4-8-23-9-5-7-16(11-14)18(15)23/h10-13H,3-9H2,1-2H3,(H,22,25,27)/b17-12+/t13-/m1/s1. The van der Waals surface area contributed by atoms with Crippen LogP contribution < -0.4 is 10.2 Å². The molecule has 3 aliphatic rings. The minimum Gasteiger partial charge on any atom is -0.371 e. The van der Waals surface area contributed by atoms with E-state index in [1.165, 1.54) is 21.7 Å². The van der Waals surface area contributed by atoms with Gasteiger partial charge in [-0.25, -0.2) is 0 Å². The van der Waals surface area contributed by atoms with Gasteiger partial charge in [-0.15, -0.1) is 0 Å². The van der Waals surface area contributed by atoms with Crippen LogP contribution in [0.4, 0.5) is 5.69 Å². The summed E-state index contributed by atoms with van der Waals surface area (Å²) in [7, 11) is 0. The summed E-state index contributed by atoms with van der Waals surface area (Å²) in [6, 6.07) is 4.24. The van der Waals surface area contributed by atoms with Gasteiger partial charge in [0.05, 0.1) is 0 Å². The molecule has 0 unspecified atom stereocenters. The number of hydrogen-bond donors (Lipinski definition) is 1. The molecule has 0 aliphatic carbocycles. The van der Waals surface area contributed by atoms with E-state index in [2.05, 4.69) is 22.3 Å². The fourth-order valence-corrected chi connectivity index (χ4v) is 4.69. The maximum absolute atomic E-state index is 13.0. The van der Waals surface area contributed by atoms with Gasteiger partial charge < -0.3 is 4.90 Å². The Balaban J connectivity index is 1.73. The first kappa shape index (κ1) is 18.2. The summed E-state index contributed by atoms with van der Waals surface area (Å²) in [5.41, 5.74) is 5.16. The third-order valence-electron chi connectivity index (χ3n) is 5.83. The van der Waals surface area contributed by atoms with Gasteiger partial charge in [0.15, 0.2) is 5.11 Å². The molecule has 0 bridgehead atoms. The van der Waals surface area contributed by atoms with E-state index in [-0.39, 0.29) is 22.6 Å². The number of thiocarbonyl (C=S) groups is 1. The number of carbonyl (C=O) groups is 2. The highest BCUT2D eigenvalue weighted by atomic mass is 32.1. The highest BCUT2D eigenvalue weighted by molar-refractivity contribution is 7.80. The fraction of sp³-hybridized carbons (Fsp3) is 0.476. The van der Waals surface area contributed by atoms with Gasteiger partial charge in [0.25, 0.3) is 11.8 Å². The number of aryl methyl sites for hydroxylation is 2. The first-order chi connectivity index (χ1) is 13.0. The van der Waals surface area contributed by atoms with Crippen LogP contribution in [0.1, 0.15) is 49.8 Å². The van der Waals surface area contributed by atoms with Gasteiger partial charge in [-0.2, -0.15) is 0 Å². The lowest BCUT2D eigenvalue weighted by molar-refractivity contribution is -0.130. The van der Waals surface area contributed by atoms with E-state index in [9.17, 15) is 9.59 Å². The third kappa shape index (κ3) is 3.16. The molecule has 3 heterocycles. The number of hydrogen-bond acceptors (Lipinski definition) is 4. The van der Waals surface area contributed by atoms with Crippen molar-refractivity contribution < 1.29 is 9.59 Å². The average Bonchev–Trinajstić information content (AvgIpc) is 2.65. The largest absolute Gasteiger partial charge is 0.371 e. The first-order valence-corrected chi connectivity index (χ1v) is 10.2. The number of nitrogens with zero attached hydrogens (tertiary/aromatic N) is 2. The maximum atomic E-state index is 13.0. The SMILES string of the molecule is CC[C@@H](C)N1C(=O)/C(=C/c2cc3c4c(c2)CCCN4CCC3)C(=O)NC1=S. The Morgan fingerprint density at radius 2 is 1.81 bits per heavy atom. The average molecular weight is 384 g/mol. The lowest BCUT2D eigenvalue weighted by atomic mass is 9.89. The topological polar surface area (TPSA) is 52.7 Å². The van der Waals surface area contributed by atoms with Crippen molar-refractivity contribution in [2.75, 3.05) is 18.0 Å². The Morgan fingerprint density at radius 3 is 2.41 bits per heavy atom. The third-order valence-corrected chi connectivity index (χ3v) is 6.13. The fourth-order valence-electron chi connectivity index (χ4n) is 4.33. The Morgan fingerprint density at radius 1 is 1.19 bits per heavy atom. The Kier molecular flexibility index (Phi) is 4.76. The molecule has 0 radical (unpaired) electrons. The highest BCUT2D eigenvalue weighted by Gasteiger charge is 2.35. The molecule has 0 saturated carbocycles. The van der Waals surface area contributed by atoms with Gasteiger partial charge >= 0.3 is 0 Å². The number of carbonyl (C=O) groups excluding carboxylic acids is 2. The van der Waals surface area contributed by atoms with E-state index >= 15 is 0 Å². The van der Waals surface area contributed by atoms with Gasteiger partial charge in [-0.05, 0) is 86.1 Å². The lowest BCUT2D eigenvalue weighted by Crippen LogP contribution is -2.56. The predicted octanol–water partition coefficient (Wildman–Crippen LogP) is 2.81. The Hall–Kier alpha value is -2.21. The van der Waals surface area contributed by atoms with Gasteiger partial charge in [-0.3, -0.25) is 19.8 Å². The second-order valence-electron chi connectivity index (χ2n) is 7.63. The summed E-state index contributed by atoms with van der Waals surface area (Å²) in [5.74, 6) is -0.705. The van der Waals surface area contributed by atoms with Crippen molar-refractivity contribution in [2.45, 2.75) is 52.0 Å². The van der Waals surface area contributed by atoms with Crippen molar-refractivity contribution in [3.8, 4) is 0 Å². The van der Waals surface area contributed by atoms with Crippen LogP contribution in [0.5, 0.6) is 0 Å². The molecule has 1 aromatic carbocycles. The maximum Gasteiger partial charge on any atom is 0.265 e. The molecular formula is C21H25N3O2S. The van der Waals surface area contributed by atoms with Gasteiger partial charge in [0.1, 0.15) is 5.57 Å². The smallest absolute Gasteiger partial charge is 0.265 e. The van der Waals surface area contributed by atoms with E-state index in [1.807, 2.05) is 13.8 Å². The van der Waals surface area contributed by atoms with Crippen molar-refractivity contribution in [3.63, 3.8) is 0 Å². The van der Waals surface area contributed by atoms with Crippen molar-refractivity contribution in [3.05, 3.63) is 34.4 Å². The van der Waals surface area contributed by atoms with Crippen molar-refractivity contribution >= 4 is 40.9 Å². The van der Waals surface area contributed by atoms with Crippen LogP contribution in [0.25, 0.3) is 6.08 Å². The monoisotopic (exact) mass is 383 g/mol. The van der Waals surface area contributed by atoms with Gasteiger partial charge in [0, 0.05) is 24.8 Å². The predicted molar refractivity (Wildman–Crippen MR) is 111 cm³/mol. The van der Waals surface area contributed by atoms with E-state index in [4.69, 9.17) is 12.2 Å². The Labute approximate surface area is 165 Å². The molecular weight excluding hydrogens is 358 g/mol. The molecule has 1 saturated heterocycles. The molecule has 142 valence electrons. The van der Waals surface area contributed by atoms with Crippen LogP contribution in [0.2, 0.25) is 0 Å². The van der Waals surface area contributed by atoms with Crippen LogP contribution in [0, 0.1) is 0 Å². The molecule has 0 spiro atoms. The van der Waals surface area contributed by atoms with E-state index in [0.29, 0.717) is 0 Å². The van der Waals surface area contributed by atoms with Crippen molar-refractivity contribution in [1.29, 1.82) is 0 Å². The first-order valence-electron chi connectivity index (χ1n) is 9.81. The lowest BCUT2D eigenvalue weighted by Gasteiger charge is -2.37. The summed E-state index contributed by atoms with van der Waals surface area (Å²) in [4.78, 5) is 29.4. The normalized spacial score (nSPS) is 22.0. The number of nitrogens with one attached hydrogen (secondary N) is 1. The quantitative estimate of drug-likeness (QED) is 0.495. The van der Waals surface area contributed by atoms with E-state index in [1.54, 1.807) is 6.08 Å². The molecule has 1 aromatic rings. The van der Waals surface area contributed by atoms with E-state index in [0.717, 1.165) is 50.8 Å². The van der Waals surface area contributed by atoms with Crippen LogP contribution in [-0.4, -0.2) is 41.0 Å². The molecule has 27 heavy (non-hydrogen) atoms. The zero-order chi connectivity index (χ0) is 19.1. The molecule has 0 aromatic heterocycles. The second kappa shape index (κ2) is 7.08. The molecule has 1 N–H and O–H groups in total. The van der Waals surface area contributed by atoms with Gasteiger partial charge in [-0.1, -0.05) is 6.92 Å². The zero-order valence-corrected chi connectivity index (χ0v) is 16.7. The van der Waals surface area contributed by atoms with Crippen LogP contribution >= 0.6 is 12.2 Å². The number of anilines is 1. The molecule has 4 rings (SSSR count). The highest BCUT2D eigenvalue weighted by Crippen LogP contribution is 2.36. The zero-order valence-electron chi connectivity index (χ0n) is 15.9. The van der Waals surface area contributed by atoms with Crippen molar-refractivity contribution in [2.24, 2.45) is 0 Å². The van der Waals surface area contributed by atoms with Gasteiger partial charge in [0.2, 0.25) is 0 Å². The summed E-state index contributed by atoms with van der Waals surface area (Å²) in [6.45, 7) is 6.20. The minimum absolute atomic E-state index is 0.0488. The summed E-state index contributed by atoms with van der Waals surface area (Å²) < 4.78 is 0. The van der Waals surface area contributed by atoms with E-state index < -0.39 is 5.91 Å². The van der Waals surface area contributed by atoms with Crippen molar-refractivity contribution in [1.82, 2.24) is 10.2 Å². The summed E-state index contributed by atoms with van der Waals surface area (Å²) >= 11 is 5.22. The molecule has 2 amide bonds. The summed E-state index contributed by atoms with van der Waals surface area (Å²) in [6.07, 6.45) is 6.93. The van der Waals surface area contributed by atoms with Crippen LogP contribution in [-0.2, 0) is 22.4 Å². The number of amides is 2. The minimum atomic E-state index is -0.405. The second-order valence-corrected chi connectivity index (χ2v) is 8.02. The Bertz CT molecular complexity index is 830. The molecule has 1 atom stereocenters. The number of rotatable bonds is 3. The number of benzene rings is 1. The summed E-state index contributed by atoms with van der Waals surface area (Å²) in [5, 5.41) is 2.88. The van der Waals surface area contributed by atoms with Crippen LogP contribution in [0.15, 0.2) is 17.7 Å². The molecule has 1 fully saturated rings.